The Morgan fingerprint density at radius 2 is 1.83 bits per heavy atom. The van der Waals surface area contributed by atoms with E-state index in [1.165, 1.54) is 6.07 Å². The molecule has 2 aromatic rings. The molecule has 1 aromatic carbocycles. The van der Waals surface area contributed by atoms with E-state index in [1.54, 1.807) is 6.92 Å². The summed E-state index contributed by atoms with van der Waals surface area (Å²) in [6, 6.07) is 5.28. The molecule has 1 fully saturated rings. The Morgan fingerprint density at radius 1 is 1.21 bits per heavy atom. The predicted octanol–water partition coefficient (Wildman–Crippen LogP) is 2.58. The molecule has 1 aliphatic rings. The lowest BCUT2D eigenvalue weighted by atomic mass is 9.79. The maximum atomic E-state index is 12.8. The number of piperidine rings is 1. The van der Waals surface area contributed by atoms with Crippen LogP contribution in [0.15, 0.2) is 27.4 Å². The first-order valence-corrected chi connectivity index (χ1v) is 10.3. The van der Waals surface area contributed by atoms with Gasteiger partial charge in [0, 0.05) is 35.9 Å². The van der Waals surface area contributed by atoms with Gasteiger partial charge in [0.05, 0.1) is 11.1 Å². The van der Waals surface area contributed by atoms with Gasteiger partial charge in [-0.05, 0) is 66.2 Å². The molecule has 158 valence electrons. The number of fused-ring (bicyclic) bond motifs is 1. The third-order valence-electron chi connectivity index (χ3n) is 5.66. The average molecular weight is 402 g/mol. The molecular weight excluding hydrogens is 368 g/mol. The van der Waals surface area contributed by atoms with Crippen molar-refractivity contribution in [1.29, 1.82) is 0 Å². The Kier molecular flexibility index (Phi) is 5.52. The van der Waals surface area contributed by atoms with Gasteiger partial charge in [0.25, 0.3) is 5.91 Å². The molecule has 1 amide bonds. The van der Waals surface area contributed by atoms with Crippen molar-refractivity contribution >= 4 is 16.9 Å². The molecule has 1 atom stereocenters. The second-order valence-corrected chi connectivity index (χ2v) is 9.81. The summed E-state index contributed by atoms with van der Waals surface area (Å²) in [4.78, 5) is 24.6. The number of quaternary nitrogens is 1. The molecule has 1 saturated heterocycles. The Labute approximate surface area is 172 Å². The first kappa shape index (κ1) is 21.4. The summed E-state index contributed by atoms with van der Waals surface area (Å²) in [5.74, 6) is 0.417. The molecule has 0 spiro atoms. The van der Waals surface area contributed by atoms with Crippen molar-refractivity contribution in [3.8, 4) is 5.75 Å². The van der Waals surface area contributed by atoms with E-state index >= 15 is 0 Å². The minimum atomic E-state index is -0.653. The zero-order valence-corrected chi connectivity index (χ0v) is 18.5. The van der Waals surface area contributed by atoms with Gasteiger partial charge in [-0.25, -0.2) is 4.79 Å². The van der Waals surface area contributed by atoms with Gasteiger partial charge in [0.1, 0.15) is 11.3 Å². The third kappa shape index (κ3) is 4.81. The Hall–Kier alpha value is -2.34. The van der Waals surface area contributed by atoms with Crippen LogP contribution in [0.1, 0.15) is 58.6 Å². The lowest BCUT2D eigenvalue weighted by molar-refractivity contribution is -0.787. The summed E-state index contributed by atoms with van der Waals surface area (Å²) in [5.41, 5.74) is 1.85. The number of nitrogens with one attached hydrogen (secondary N) is 1. The number of carbonyl (C=O) groups is 1. The zero-order valence-electron chi connectivity index (χ0n) is 18.5. The molecular formula is C23H33N2O4+. The fraction of sp³-hybridized carbons (Fsp3) is 0.565. The van der Waals surface area contributed by atoms with Gasteiger partial charge in [-0.15, -0.1) is 0 Å². The van der Waals surface area contributed by atoms with E-state index in [4.69, 9.17) is 9.15 Å². The standard InChI is InChI=1S/C23H32N2O4/c1-13-10-19(26)29-20-14(2)18(9-8-17(13)20)28-15(3)21(27)24-16-11-22(4,5)25-23(6,7)12-16/h8-10,15-16,25H,11-12H2,1-7H3,(H,24,27)/p+1/t15-/m0/s1. The number of hydrogen-bond acceptors (Lipinski definition) is 4. The van der Waals surface area contributed by atoms with Crippen LogP contribution in [0.3, 0.4) is 0 Å². The zero-order chi connectivity index (χ0) is 21.6. The smallest absolute Gasteiger partial charge is 0.336 e. The molecule has 0 aliphatic carbocycles. The molecule has 0 saturated carbocycles. The summed E-state index contributed by atoms with van der Waals surface area (Å²) in [6.45, 7) is 14.3. The number of aryl methyl sites for hydroxylation is 2. The number of amides is 1. The van der Waals surface area contributed by atoms with Crippen LogP contribution in [-0.4, -0.2) is 29.1 Å². The fourth-order valence-electron chi connectivity index (χ4n) is 4.81. The SMILES string of the molecule is Cc1cc(=O)oc2c(C)c(O[C@@H](C)C(=O)NC3CC(C)(C)[NH2+]C(C)(C)C3)ccc12. The summed E-state index contributed by atoms with van der Waals surface area (Å²) in [5, 5.41) is 6.42. The maximum absolute atomic E-state index is 12.8. The molecule has 0 bridgehead atoms. The predicted molar refractivity (Wildman–Crippen MR) is 113 cm³/mol. The van der Waals surface area contributed by atoms with Crippen molar-refractivity contribution in [2.75, 3.05) is 0 Å². The molecule has 29 heavy (non-hydrogen) atoms. The largest absolute Gasteiger partial charge is 0.480 e. The normalized spacial score (nSPS) is 19.7. The number of ether oxygens (including phenoxy) is 1. The van der Waals surface area contributed by atoms with Crippen LogP contribution in [0.4, 0.5) is 0 Å². The monoisotopic (exact) mass is 401 g/mol. The van der Waals surface area contributed by atoms with Gasteiger partial charge in [-0.3, -0.25) is 4.79 Å². The minimum absolute atomic E-state index is 0.0775. The summed E-state index contributed by atoms with van der Waals surface area (Å²) < 4.78 is 11.3. The van der Waals surface area contributed by atoms with Crippen LogP contribution in [0.2, 0.25) is 0 Å². The average Bonchev–Trinajstić information content (AvgIpc) is 2.54. The van der Waals surface area contributed by atoms with Crippen molar-refractivity contribution in [1.82, 2.24) is 5.32 Å². The van der Waals surface area contributed by atoms with Crippen LogP contribution in [0, 0.1) is 13.8 Å². The first-order chi connectivity index (χ1) is 13.4. The highest BCUT2D eigenvalue weighted by Crippen LogP contribution is 2.29. The Balaban J connectivity index is 1.75. The summed E-state index contributed by atoms with van der Waals surface area (Å²) >= 11 is 0. The van der Waals surface area contributed by atoms with E-state index < -0.39 is 6.10 Å². The van der Waals surface area contributed by atoms with Gasteiger partial charge in [-0.2, -0.15) is 0 Å². The Bertz CT molecular complexity index is 974. The minimum Gasteiger partial charge on any atom is -0.480 e. The van der Waals surface area contributed by atoms with E-state index in [9.17, 15) is 9.59 Å². The lowest BCUT2D eigenvalue weighted by Gasteiger charge is -2.43. The van der Waals surface area contributed by atoms with Crippen molar-refractivity contribution in [3.05, 3.63) is 39.7 Å². The highest BCUT2D eigenvalue weighted by Gasteiger charge is 2.42. The first-order valence-electron chi connectivity index (χ1n) is 10.3. The quantitative estimate of drug-likeness (QED) is 0.771. The second kappa shape index (κ2) is 7.48. The van der Waals surface area contributed by atoms with Gasteiger partial charge in [0.2, 0.25) is 0 Å². The van der Waals surface area contributed by atoms with Crippen molar-refractivity contribution in [2.45, 2.75) is 84.5 Å². The summed E-state index contributed by atoms with van der Waals surface area (Å²) in [7, 11) is 0. The molecule has 6 heteroatoms. The van der Waals surface area contributed by atoms with Gasteiger partial charge >= 0.3 is 5.63 Å². The van der Waals surface area contributed by atoms with Gasteiger partial charge in [-0.1, -0.05) is 0 Å². The van der Waals surface area contributed by atoms with Crippen LogP contribution < -0.4 is 21.0 Å². The molecule has 0 radical (unpaired) electrons. The number of hydrogen-bond donors (Lipinski definition) is 2. The number of nitrogens with two attached hydrogens (primary N) is 1. The van der Waals surface area contributed by atoms with Crippen molar-refractivity contribution in [3.63, 3.8) is 0 Å². The Morgan fingerprint density at radius 3 is 2.45 bits per heavy atom. The highest BCUT2D eigenvalue weighted by molar-refractivity contribution is 5.85. The van der Waals surface area contributed by atoms with Crippen LogP contribution in [0.25, 0.3) is 11.0 Å². The fourth-order valence-corrected chi connectivity index (χ4v) is 4.81. The summed E-state index contributed by atoms with van der Waals surface area (Å²) in [6.07, 6.45) is 1.17. The molecule has 3 rings (SSSR count). The van der Waals surface area contributed by atoms with E-state index in [1.807, 2.05) is 26.0 Å². The molecule has 0 unspecified atom stereocenters. The second-order valence-electron chi connectivity index (χ2n) is 9.81. The van der Waals surface area contributed by atoms with Crippen LogP contribution in [0.5, 0.6) is 5.75 Å². The van der Waals surface area contributed by atoms with E-state index in [2.05, 4.69) is 38.3 Å². The van der Waals surface area contributed by atoms with Gasteiger partial charge in [0.15, 0.2) is 6.10 Å². The van der Waals surface area contributed by atoms with Crippen LogP contribution >= 0.6 is 0 Å². The number of rotatable bonds is 4. The van der Waals surface area contributed by atoms with Crippen molar-refractivity contribution in [2.24, 2.45) is 0 Å². The van der Waals surface area contributed by atoms with Crippen molar-refractivity contribution < 1.29 is 19.3 Å². The van der Waals surface area contributed by atoms with Crippen LogP contribution in [-0.2, 0) is 4.79 Å². The van der Waals surface area contributed by atoms with Gasteiger partial charge < -0.3 is 19.8 Å². The topological polar surface area (TPSA) is 85.1 Å². The molecule has 6 nitrogen and oxygen atoms in total. The molecule has 2 heterocycles. The number of benzene rings is 1. The molecule has 3 N–H and O–H groups in total. The highest BCUT2D eigenvalue weighted by atomic mass is 16.5. The number of carbonyl (C=O) groups excluding carboxylic acids is 1. The van der Waals surface area contributed by atoms with E-state index in [0.29, 0.717) is 11.3 Å². The van der Waals surface area contributed by atoms with E-state index in [0.717, 1.165) is 29.4 Å². The lowest BCUT2D eigenvalue weighted by Crippen LogP contribution is -3.06. The maximum Gasteiger partial charge on any atom is 0.336 e. The molecule has 1 aromatic heterocycles. The molecule has 1 aliphatic heterocycles. The van der Waals surface area contributed by atoms with E-state index in [-0.39, 0.29) is 28.7 Å². The third-order valence-corrected chi connectivity index (χ3v) is 5.66.